The summed E-state index contributed by atoms with van der Waals surface area (Å²) in [5.41, 5.74) is 2.89. The SMILES string of the molecule is Cc1ncn(CC2CCN(c3cc(C4CCC4)ncn3)CC2)c(=O)c1C. The Kier molecular flexibility index (Phi) is 4.74. The van der Waals surface area contributed by atoms with Crippen molar-refractivity contribution in [3.8, 4) is 0 Å². The van der Waals surface area contributed by atoms with Crippen LogP contribution in [0, 0.1) is 19.8 Å². The van der Waals surface area contributed by atoms with Crippen LogP contribution >= 0.6 is 0 Å². The van der Waals surface area contributed by atoms with Gasteiger partial charge in [-0.15, -0.1) is 0 Å². The first kappa shape index (κ1) is 17.2. The molecule has 0 unspecified atom stereocenters. The van der Waals surface area contributed by atoms with E-state index in [9.17, 15) is 4.79 Å². The van der Waals surface area contributed by atoms with Crippen LogP contribution in [0.4, 0.5) is 5.82 Å². The van der Waals surface area contributed by atoms with E-state index in [1.54, 1.807) is 17.2 Å². The van der Waals surface area contributed by atoms with Crippen LogP contribution < -0.4 is 10.5 Å². The normalized spacial score (nSPS) is 18.8. The zero-order chi connectivity index (χ0) is 18.1. The third kappa shape index (κ3) is 3.37. The Balaban J connectivity index is 1.38. The van der Waals surface area contributed by atoms with Crippen LogP contribution in [0.15, 0.2) is 23.5 Å². The molecule has 1 saturated carbocycles. The molecule has 2 aromatic heterocycles. The predicted molar refractivity (Wildman–Crippen MR) is 102 cm³/mol. The van der Waals surface area contributed by atoms with Gasteiger partial charge in [-0.25, -0.2) is 15.0 Å². The highest BCUT2D eigenvalue weighted by Gasteiger charge is 2.24. The Morgan fingerprint density at radius 3 is 2.54 bits per heavy atom. The summed E-state index contributed by atoms with van der Waals surface area (Å²) in [4.78, 5) is 28.1. The first-order valence-electron chi connectivity index (χ1n) is 9.71. The summed E-state index contributed by atoms with van der Waals surface area (Å²) in [6, 6.07) is 2.18. The molecule has 2 fully saturated rings. The van der Waals surface area contributed by atoms with Crippen LogP contribution in [0.1, 0.15) is 55.0 Å². The van der Waals surface area contributed by atoms with Gasteiger partial charge < -0.3 is 4.90 Å². The van der Waals surface area contributed by atoms with Crippen molar-refractivity contribution in [2.24, 2.45) is 5.92 Å². The molecule has 0 radical (unpaired) electrons. The molecule has 0 spiro atoms. The minimum atomic E-state index is 0.0980. The number of piperidine rings is 1. The van der Waals surface area contributed by atoms with Gasteiger partial charge >= 0.3 is 0 Å². The molecule has 0 amide bonds. The van der Waals surface area contributed by atoms with E-state index >= 15 is 0 Å². The summed E-state index contributed by atoms with van der Waals surface area (Å²) in [7, 11) is 0. The monoisotopic (exact) mass is 353 g/mol. The molecule has 0 bridgehead atoms. The minimum Gasteiger partial charge on any atom is -0.356 e. The third-order valence-corrected chi connectivity index (χ3v) is 6.11. The van der Waals surface area contributed by atoms with Crippen molar-refractivity contribution >= 4 is 5.82 Å². The lowest BCUT2D eigenvalue weighted by atomic mass is 9.83. The van der Waals surface area contributed by atoms with Crippen LogP contribution in [0.2, 0.25) is 0 Å². The molecule has 2 aliphatic rings. The van der Waals surface area contributed by atoms with Gasteiger partial charge in [-0.1, -0.05) is 6.42 Å². The zero-order valence-electron chi connectivity index (χ0n) is 15.7. The van der Waals surface area contributed by atoms with E-state index in [1.165, 1.54) is 25.0 Å². The van der Waals surface area contributed by atoms with E-state index in [2.05, 4.69) is 25.9 Å². The second-order valence-corrected chi connectivity index (χ2v) is 7.77. The molecule has 2 aromatic rings. The number of hydrogen-bond donors (Lipinski definition) is 0. The number of aryl methyl sites for hydroxylation is 1. The van der Waals surface area contributed by atoms with Crippen LogP contribution in [-0.4, -0.2) is 32.6 Å². The van der Waals surface area contributed by atoms with Crippen molar-refractivity contribution in [1.29, 1.82) is 0 Å². The van der Waals surface area contributed by atoms with E-state index in [4.69, 9.17) is 0 Å². The molecule has 6 heteroatoms. The summed E-state index contributed by atoms with van der Waals surface area (Å²) < 4.78 is 1.78. The standard InChI is InChI=1S/C20H27N5O/c1-14-15(2)23-13-25(20(14)26)11-16-6-8-24(9-7-16)19-10-18(21-12-22-19)17-4-3-5-17/h10,12-13,16-17H,3-9,11H2,1-2H3. The molecular formula is C20H27N5O. The van der Waals surface area contributed by atoms with Crippen molar-refractivity contribution in [3.63, 3.8) is 0 Å². The second-order valence-electron chi connectivity index (χ2n) is 7.77. The van der Waals surface area contributed by atoms with E-state index in [1.807, 2.05) is 13.8 Å². The fourth-order valence-corrected chi connectivity index (χ4v) is 3.89. The molecule has 26 heavy (non-hydrogen) atoms. The van der Waals surface area contributed by atoms with Gasteiger partial charge in [0, 0.05) is 48.6 Å². The first-order valence-corrected chi connectivity index (χ1v) is 9.71. The largest absolute Gasteiger partial charge is 0.356 e. The van der Waals surface area contributed by atoms with Gasteiger partial charge in [0.1, 0.15) is 12.1 Å². The van der Waals surface area contributed by atoms with E-state index in [0.29, 0.717) is 11.8 Å². The molecule has 0 atom stereocenters. The average molecular weight is 353 g/mol. The van der Waals surface area contributed by atoms with Crippen LogP contribution in [0.25, 0.3) is 0 Å². The van der Waals surface area contributed by atoms with Crippen LogP contribution in [-0.2, 0) is 6.54 Å². The molecule has 0 aromatic carbocycles. The maximum absolute atomic E-state index is 12.4. The average Bonchev–Trinajstić information content (AvgIpc) is 2.62. The van der Waals surface area contributed by atoms with Crippen molar-refractivity contribution < 1.29 is 0 Å². The van der Waals surface area contributed by atoms with Gasteiger partial charge in [0.25, 0.3) is 5.56 Å². The zero-order valence-corrected chi connectivity index (χ0v) is 15.7. The van der Waals surface area contributed by atoms with Crippen molar-refractivity contribution in [1.82, 2.24) is 19.5 Å². The fraction of sp³-hybridized carbons (Fsp3) is 0.600. The topological polar surface area (TPSA) is 63.9 Å². The maximum Gasteiger partial charge on any atom is 0.256 e. The molecule has 6 nitrogen and oxygen atoms in total. The molecule has 1 saturated heterocycles. The Morgan fingerprint density at radius 1 is 1.08 bits per heavy atom. The second kappa shape index (κ2) is 7.17. The lowest BCUT2D eigenvalue weighted by Gasteiger charge is -2.33. The highest BCUT2D eigenvalue weighted by molar-refractivity contribution is 5.40. The van der Waals surface area contributed by atoms with Gasteiger partial charge in [-0.3, -0.25) is 9.36 Å². The van der Waals surface area contributed by atoms with Gasteiger partial charge in [0.15, 0.2) is 0 Å². The fourth-order valence-electron chi connectivity index (χ4n) is 3.89. The molecule has 3 heterocycles. The molecule has 4 rings (SSSR count). The molecular weight excluding hydrogens is 326 g/mol. The number of aromatic nitrogens is 4. The quantitative estimate of drug-likeness (QED) is 0.846. The molecule has 138 valence electrons. The van der Waals surface area contributed by atoms with E-state index < -0.39 is 0 Å². The Labute approximate surface area is 154 Å². The highest BCUT2D eigenvalue weighted by Crippen LogP contribution is 2.36. The Bertz CT molecular complexity index is 834. The summed E-state index contributed by atoms with van der Waals surface area (Å²) >= 11 is 0. The molecule has 0 N–H and O–H groups in total. The summed E-state index contributed by atoms with van der Waals surface area (Å²) in [6.07, 6.45) is 9.41. The van der Waals surface area contributed by atoms with Gasteiger partial charge in [0.2, 0.25) is 0 Å². The first-order chi connectivity index (χ1) is 12.6. The van der Waals surface area contributed by atoms with E-state index in [0.717, 1.165) is 49.6 Å². The van der Waals surface area contributed by atoms with Crippen molar-refractivity contribution in [2.45, 2.75) is 58.4 Å². The smallest absolute Gasteiger partial charge is 0.256 e. The number of anilines is 1. The van der Waals surface area contributed by atoms with Crippen molar-refractivity contribution in [2.75, 3.05) is 18.0 Å². The minimum absolute atomic E-state index is 0.0980. The summed E-state index contributed by atoms with van der Waals surface area (Å²) in [6.45, 7) is 6.48. The number of nitrogens with zero attached hydrogens (tertiary/aromatic N) is 5. The molecule has 1 aliphatic heterocycles. The lowest BCUT2D eigenvalue weighted by Crippen LogP contribution is -2.37. The highest BCUT2D eigenvalue weighted by atomic mass is 16.1. The van der Waals surface area contributed by atoms with Crippen LogP contribution in [0.5, 0.6) is 0 Å². The van der Waals surface area contributed by atoms with Gasteiger partial charge in [-0.05, 0) is 45.4 Å². The van der Waals surface area contributed by atoms with E-state index in [-0.39, 0.29) is 5.56 Å². The Morgan fingerprint density at radius 2 is 1.85 bits per heavy atom. The Hall–Kier alpha value is -2.24. The number of rotatable bonds is 4. The predicted octanol–water partition coefficient (Wildman–Crippen LogP) is 2.83. The van der Waals surface area contributed by atoms with Crippen LogP contribution in [0.3, 0.4) is 0 Å². The van der Waals surface area contributed by atoms with Crippen molar-refractivity contribution in [3.05, 3.63) is 46.0 Å². The summed E-state index contributed by atoms with van der Waals surface area (Å²) in [5, 5.41) is 0. The number of hydrogen-bond acceptors (Lipinski definition) is 5. The molecule has 1 aliphatic carbocycles. The maximum atomic E-state index is 12.4. The lowest BCUT2D eigenvalue weighted by molar-refractivity contribution is 0.349. The summed E-state index contributed by atoms with van der Waals surface area (Å²) in [5.74, 6) is 2.21. The third-order valence-electron chi connectivity index (χ3n) is 6.11. The van der Waals surface area contributed by atoms with Gasteiger partial charge in [-0.2, -0.15) is 0 Å². The van der Waals surface area contributed by atoms with Gasteiger partial charge in [0.05, 0.1) is 6.33 Å².